The standard InChI is InChI=1S/C58H66N4O10S2Si/c1-59-43-22-25-56(35-46(64)69-32-33-75(5,6)7)24-15-28-60(30-31-70-55(73)74-4)52(56)47(43)40-34-42(50(67-2)51(68-3)48(40)59)57-27-29-61(54(66)72-37-39-18-12-9-13-19-39)58(53(57)65)26-23-45(63)62(58)49-41(57)20-14-21-44(49)71-36-38-16-10-8-11-17-38/h8-14,16-22,25,34,52H,15,23-24,26-33,35-37H2,1-7H3/t52-,56+,57+,58-/m0/s1. The normalized spacial score (nSPS) is 22.7. The molecule has 5 heterocycles. The van der Waals surface area contributed by atoms with E-state index >= 15 is 4.79 Å². The molecular weight excluding hydrogens is 1000 g/mol. The zero-order valence-electron chi connectivity index (χ0n) is 43.9. The number of ketones is 1. The number of piperidine rings is 2. The summed E-state index contributed by atoms with van der Waals surface area (Å²) < 4.78 is 40.5. The molecule has 394 valence electrons. The van der Waals surface area contributed by atoms with Crippen LogP contribution in [0.15, 0.2) is 91.0 Å². The molecule has 5 aliphatic rings. The second-order valence-corrected chi connectivity index (χ2v) is 28.5. The van der Waals surface area contributed by atoms with Gasteiger partial charge in [0.1, 0.15) is 25.6 Å². The fraction of sp³-hybridized carbons (Fsp3) is 0.431. The second kappa shape index (κ2) is 20.8. The molecule has 0 radical (unpaired) electrons. The van der Waals surface area contributed by atoms with Crippen LogP contribution in [0.2, 0.25) is 25.7 Å². The zero-order valence-corrected chi connectivity index (χ0v) is 46.5. The number of hydrogen-bond acceptors (Lipinski definition) is 13. The summed E-state index contributed by atoms with van der Waals surface area (Å²) in [4.78, 5) is 65.8. The molecule has 4 aliphatic heterocycles. The van der Waals surface area contributed by atoms with Crippen molar-refractivity contribution in [3.8, 4) is 17.2 Å². The maximum Gasteiger partial charge on any atom is 0.412 e. The third-order valence-corrected chi connectivity index (χ3v) is 18.9. The topological polar surface area (TPSA) is 138 Å². The van der Waals surface area contributed by atoms with Gasteiger partial charge < -0.3 is 33.0 Å². The van der Waals surface area contributed by atoms with E-state index < -0.39 is 30.7 Å². The predicted molar refractivity (Wildman–Crippen MR) is 297 cm³/mol. The number of anilines is 1. The average molecular weight is 1070 g/mol. The monoisotopic (exact) mass is 1070 g/mol. The van der Waals surface area contributed by atoms with Gasteiger partial charge in [0.2, 0.25) is 10.3 Å². The Hall–Kier alpha value is -6.14. The van der Waals surface area contributed by atoms with Crippen molar-refractivity contribution >= 4 is 82.9 Å². The average Bonchev–Trinajstić information content (AvgIpc) is 4.02. The van der Waals surface area contributed by atoms with Crippen LogP contribution in [0.25, 0.3) is 17.0 Å². The van der Waals surface area contributed by atoms with Crippen molar-refractivity contribution in [3.63, 3.8) is 0 Å². The summed E-state index contributed by atoms with van der Waals surface area (Å²) in [6, 6.07) is 27.3. The third-order valence-electron chi connectivity index (χ3n) is 16.1. The fourth-order valence-electron chi connectivity index (χ4n) is 12.7. The highest BCUT2D eigenvalue weighted by Crippen LogP contribution is 2.64. The first-order valence-electron chi connectivity index (χ1n) is 25.9. The number of aromatic nitrogens is 1. The molecule has 14 nitrogen and oxygen atoms in total. The van der Waals surface area contributed by atoms with E-state index in [-0.39, 0.29) is 69.1 Å². The summed E-state index contributed by atoms with van der Waals surface area (Å²) in [5.74, 6) is 0.271. The van der Waals surface area contributed by atoms with E-state index in [1.165, 1.54) is 21.6 Å². The molecule has 2 amide bonds. The number of likely N-dealkylation sites (tertiary alicyclic amines) is 2. The van der Waals surface area contributed by atoms with E-state index in [0.29, 0.717) is 58.2 Å². The Morgan fingerprint density at radius 3 is 2.24 bits per heavy atom. The summed E-state index contributed by atoms with van der Waals surface area (Å²) in [6.45, 7) is 9.04. The van der Waals surface area contributed by atoms with Gasteiger partial charge in [-0.05, 0) is 85.2 Å². The van der Waals surface area contributed by atoms with Crippen LogP contribution in [-0.2, 0) is 54.3 Å². The van der Waals surface area contributed by atoms with E-state index in [1.54, 1.807) is 14.2 Å². The summed E-state index contributed by atoms with van der Waals surface area (Å²) in [7, 11) is 3.71. The van der Waals surface area contributed by atoms with Crippen LogP contribution < -0.4 is 19.1 Å². The number of ether oxygens (including phenoxy) is 6. The highest BCUT2D eigenvalue weighted by Gasteiger charge is 2.71. The maximum atomic E-state index is 16.7. The summed E-state index contributed by atoms with van der Waals surface area (Å²) in [6.07, 6.45) is 7.41. The number of esters is 1. The number of carbonyl (C=O) groups excluding carboxylic acids is 4. The van der Waals surface area contributed by atoms with Gasteiger partial charge in [0.05, 0.1) is 43.9 Å². The highest BCUT2D eigenvalue weighted by atomic mass is 32.2. The van der Waals surface area contributed by atoms with Crippen LogP contribution in [0.3, 0.4) is 0 Å². The molecule has 1 aromatic heterocycles. The Morgan fingerprint density at radius 2 is 1.55 bits per heavy atom. The number of carbonyl (C=O) groups is 4. The van der Waals surface area contributed by atoms with Crippen LogP contribution in [0.5, 0.6) is 17.2 Å². The third kappa shape index (κ3) is 9.00. The minimum absolute atomic E-state index is 0.000316. The Bertz CT molecular complexity index is 3090. The van der Waals surface area contributed by atoms with Crippen molar-refractivity contribution in [1.29, 1.82) is 0 Å². The molecule has 4 atom stereocenters. The summed E-state index contributed by atoms with van der Waals surface area (Å²) in [5.41, 5.74) is 1.88. The first-order chi connectivity index (χ1) is 36.1. The second-order valence-electron chi connectivity index (χ2n) is 21.5. The van der Waals surface area contributed by atoms with Gasteiger partial charge >= 0.3 is 12.1 Å². The molecule has 3 saturated heterocycles. The molecular formula is C58H66N4O10S2Si. The molecule has 75 heavy (non-hydrogen) atoms. The van der Waals surface area contributed by atoms with E-state index in [4.69, 9.17) is 40.6 Å². The number of rotatable bonds is 16. The number of hydrogen-bond donors (Lipinski definition) is 0. The van der Waals surface area contributed by atoms with Gasteiger partial charge in [-0.3, -0.25) is 29.1 Å². The molecule has 5 aromatic rings. The van der Waals surface area contributed by atoms with E-state index in [2.05, 4.69) is 47.3 Å². The summed E-state index contributed by atoms with van der Waals surface area (Å²) in [5, 5.41) is 0.822. The lowest BCUT2D eigenvalue weighted by molar-refractivity contribution is -0.147. The number of para-hydroxylation sites is 1. The Balaban J connectivity index is 1.18. The molecule has 3 fully saturated rings. The molecule has 0 unspecified atom stereocenters. The zero-order chi connectivity index (χ0) is 52.9. The number of Topliss-reactive ketones (excluding diaryl/α,β-unsaturated/α-hetero) is 1. The fourth-order valence-corrected chi connectivity index (χ4v) is 13.7. The first kappa shape index (κ1) is 52.3. The van der Waals surface area contributed by atoms with Gasteiger partial charge in [-0.15, -0.1) is 0 Å². The van der Waals surface area contributed by atoms with Gasteiger partial charge in [0.15, 0.2) is 22.9 Å². The van der Waals surface area contributed by atoms with Crippen LogP contribution >= 0.6 is 24.0 Å². The lowest BCUT2D eigenvalue weighted by Crippen LogP contribution is -2.75. The molecule has 17 heteroatoms. The Morgan fingerprint density at radius 1 is 0.827 bits per heavy atom. The van der Waals surface area contributed by atoms with Crippen LogP contribution in [0.1, 0.15) is 78.1 Å². The lowest BCUT2D eigenvalue weighted by Gasteiger charge is -2.58. The van der Waals surface area contributed by atoms with Crippen molar-refractivity contribution in [1.82, 2.24) is 14.4 Å². The Kier molecular flexibility index (Phi) is 14.5. The largest absolute Gasteiger partial charge is 0.492 e. The van der Waals surface area contributed by atoms with Crippen molar-refractivity contribution in [2.24, 2.45) is 12.5 Å². The van der Waals surface area contributed by atoms with Crippen LogP contribution in [0.4, 0.5) is 10.5 Å². The first-order valence-corrected chi connectivity index (χ1v) is 31.2. The molecule has 1 aliphatic carbocycles. The SMILES string of the molecule is COc1c([C@@]23CCN(C(=O)OCc4ccccc4)[C@]4(CCC(=O)N4c4c(OCc5ccccc5)cccc42)C3=O)cc2c3c(n(C)c2c1OC)C=C[C@@]1(CC(=O)OCC[Si](C)(C)C)CCCN(CCOC(=S)SC)[C@@H]31. The van der Waals surface area contributed by atoms with Gasteiger partial charge in [-0.25, -0.2) is 4.79 Å². The number of aryl methyl sites for hydroxylation is 1. The molecule has 4 aromatic carbocycles. The van der Waals surface area contributed by atoms with E-state index in [1.807, 2.05) is 92.2 Å². The van der Waals surface area contributed by atoms with Crippen LogP contribution in [0, 0.1) is 5.41 Å². The number of nitrogens with zero attached hydrogens (tertiary/aromatic N) is 4. The molecule has 0 saturated carbocycles. The maximum absolute atomic E-state index is 16.7. The molecule has 10 rings (SSSR count). The number of amides is 2. The predicted octanol–water partition coefficient (Wildman–Crippen LogP) is 10.6. The number of thiocarbonyl (C=S) groups is 1. The summed E-state index contributed by atoms with van der Waals surface area (Å²) >= 11 is 6.87. The number of fused-ring (bicyclic) bond motifs is 9. The van der Waals surface area contributed by atoms with Crippen molar-refractivity contribution in [2.45, 2.75) is 94.5 Å². The van der Waals surface area contributed by atoms with E-state index in [9.17, 15) is 14.4 Å². The molecule has 1 spiro atoms. The minimum Gasteiger partial charge on any atom is -0.492 e. The Labute approximate surface area is 449 Å². The minimum atomic E-state index is -1.79. The number of methoxy groups -OCH3 is 2. The molecule has 2 bridgehead atoms. The smallest absolute Gasteiger partial charge is 0.412 e. The quantitative estimate of drug-likeness (QED) is 0.0527. The molecule has 0 N–H and O–H groups in total. The highest BCUT2D eigenvalue weighted by molar-refractivity contribution is 8.22. The van der Waals surface area contributed by atoms with Gasteiger partial charge in [-0.1, -0.05) is 110 Å². The van der Waals surface area contributed by atoms with Crippen LogP contribution in [-0.4, -0.2) is 110 Å². The number of benzene rings is 4. The van der Waals surface area contributed by atoms with Crippen molar-refractivity contribution in [3.05, 3.63) is 125 Å². The van der Waals surface area contributed by atoms with Crippen molar-refractivity contribution in [2.75, 3.05) is 58.2 Å². The number of thioether (sulfide) groups is 1. The van der Waals surface area contributed by atoms with Crippen molar-refractivity contribution < 1.29 is 47.6 Å². The van der Waals surface area contributed by atoms with Gasteiger partial charge in [0.25, 0.3) is 0 Å². The van der Waals surface area contributed by atoms with Gasteiger partial charge in [0, 0.05) is 74.7 Å². The van der Waals surface area contributed by atoms with E-state index in [0.717, 1.165) is 58.7 Å². The lowest BCUT2D eigenvalue weighted by atomic mass is 9.59. The van der Waals surface area contributed by atoms with Gasteiger partial charge in [-0.2, -0.15) is 0 Å².